The summed E-state index contributed by atoms with van der Waals surface area (Å²) >= 11 is 0. The Balaban J connectivity index is 0.00000242. The molecule has 0 bridgehead atoms. The van der Waals surface area contributed by atoms with Crippen molar-refractivity contribution >= 4 is 24.1 Å². The number of benzene rings is 1. The predicted octanol–water partition coefficient (Wildman–Crippen LogP) is 1.90. The summed E-state index contributed by atoms with van der Waals surface area (Å²) in [6.07, 6.45) is 0.525. The van der Waals surface area contributed by atoms with Crippen molar-refractivity contribution in [2.24, 2.45) is 0 Å². The van der Waals surface area contributed by atoms with E-state index in [9.17, 15) is 9.59 Å². The zero-order chi connectivity index (χ0) is 15.2. The van der Waals surface area contributed by atoms with Gasteiger partial charge in [-0.3, -0.25) is 9.59 Å². The predicted molar refractivity (Wildman–Crippen MR) is 87.9 cm³/mol. The molecule has 5 nitrogen and oxygen atoms in total. The number of rotatable bonds is 5. The van der Waals surface area contributed by atoms with E-state index in [2.05, 4.69) is 5.32 Å². The molecule has 122 valence electrons. The Bertz CT molecular complexity index is 505. The van der Waals surface area contributed by atoms with Gasteiger partial charge in [0.2, 0.25) is 5.91 Å². The molecule has 1 amide bonds. The summed E-state index contributed by atoms with van der Waals surface area (Å²) in [5, 5.41) is 3.25. The number of halogens is 1. The molecule has 0 radical (unpaired) electrons. The van der Waals surface area contributed by atoms with Crippen molar-refractivity contribution in [3.05, 3.63) is 29.8 Å². The van der Waals surface area contributed by atoms with Gasteiger partial charge in [0, 0.05) is 44.1 Å². The molecule has 0 aliphatic carbocycles. The molecule has 1 N–H and O–H groups in total. The first kappa shape index (κ1) is 18.5. The van der Waals surface area contributed by atoms with E-state index in [1.165, 1.54) is 0 Å². The second-order valence-electron chi connectivity index (χ2n) is 5.29. The van der Waals surface area contributed by atoms with Crippen LogP contribution in [0.15, 0.2) is 24.3 Å². The molecule has 1 aliphatic rings. The van der Waals surface area contributed by atoms with Gasteiger partial charge in [0.25, 0.3) is 0 Å². The van der Waals surface area contributed by atoms with Gasteiger partial charge in [-0.25, -0.2) is 0 Å². The van der Waals surface area contributed by atoms with Crippen molar-refractivity contribution in [2.75, 3.05) is 26.7 Å². The molecule has 1 aromatic carbocycles. The SMILES string of the molecule is COc1ccc(C(=O)CCC(=O)N2CCNCC2C)cc1.Cl. The van der Waals surface area contributed by atoms with E-state index in [1.54, 1.807) is 31.4 Å². The Morgan fingerprint density at radius 1 is 1.27 bits per heavy atom. The van der Waals surface area contributed by atoms with Crippen LogP contribution in [-0.2, 0) is 4.79 Å². The van der Waals surface area contributed by atoms with E-state index >= 15 is 0 Å². The fraction of sp³-hybridized carbons (Fsp3) is 0.500. The first-order valence-electron chi connectivity index (χ1n) is 7.29. The maximum Gasteiger partial charge on any atom is 0.223 e. The number of carbonyl (C=O) groups is 2. The van der Waals surface area contributed by atoms with Crippen LogP contribution in [0.4, 0.5) is 0 Å². The van der Waals surface area contributed by atoms with Gasteiger partial charge in [-0.15, -0.1) is 12.4 Å². The standard InChI is InChI=1S/C16H22N2O3.ClH/c1-12-11-17-9-10-18(12)16(20)8-7-15(19)13-3-5-14(21-2)6-4-13;/h3-6,12,17H,7-11H2,1-2H3;1H. The van der Waals surface area contributed by atoms with Gasteiger partial charge in [-0.1, -0.05) is 0 Å². The van der Waals surface area contributed by atoms with Gasteiger partial charge in [0.1, 0.15) is 5.75 Å². The van der Waals surface area contributed by atoms with Crippen LogP contribution in [0.3, 0.4) is 0 Å². The van der Waals surface area contributed by atoms with E-state index < -0.39 is 0 Å². The fourth-order valence-corrected chi connectivity index (χ4v) is 2.50. The number of ketones is 1. The lowest BCUT2D eigenvalue weighted by molar-refractivity contribution is -0.133. The average Bonchev–Trinajstić information content (AvgIpc) is 2.52. The lowest BCUT2D eigenvalue weighted by atomic mass is 10.1. The third-order valence-corrected chi connectivity index (χ3v) is 3.80. The normalized spacial score (nSPS) is 17.5. The van der Waals surface area contributed by atoms with Crippen LogP contribution in [0.25, 0.3) is 0 Å². The molecular weight excluding hydrogens is 304 g/mol. The molecule has 1 unspecified atom stereocenters. The van der Waals surface area contributed by atoms with Crippen molar-refractivity contribution in [3.63, 3.8) is 0 Å². The monoisotopic (exact) mass is 326 g/mol. The minimum absolute atomic E-state index is 0. The van der Waals surface area contributed by atoms with Crippen LogP contribution >= 0.6 is 12.4 Å². The number of nitrogens with zero attached hydrogens (tertiary/aromatic N) is 1. The van der Waals surface area contributed by atoms with Crippen LogP contribution in [-0.4, -0.2) is 49.4 Å². The number of nitrogens with one attached hydrogen (secondary N) is 1. The second kappa shape index (κ2) is 8.76. The summed E-state index contributed by atoms with van der Waals surface area (Å²) in [4.78, 5) is 26.1. The molecule has 1 aromatic rings. The van der Waals surface area contributed by atoms with Gasteiger partial charge in [0.15, 0.2) is 5.78 Å². The number of hydrogen-bond donors (Lipinski definition) is 1. The molecular formula is C16H23ClN2O3. The van der Waals surface area contributed by atoms with Crippen molar-refractivity contribution in [1.82, 2.24) is 10.2 Å². The topological polar surface area (TPSA) is 58.6 Å². The molecule has 1 fully saturated rings. The Hall–Kier alpha value is -1.59. The van der Waals surface area contributed by atoms with Crippen molar-refractivity contribution < 1.29 is 14.3 Å². The highest BCUT2D eigenvalue weighted by molar-refractivity contribution is 5.98. The molecule has 1 saturated heterocycles. The third kappa shape index (κ3) is 4.71. The molecule has 1 heterocycles. The largest absolute Gasteiger partial charge is 0.497 e. The van der Waals surface area contributed by atoms with Gasteiger partial charge >= 0.3 is 0 Å². The number of Topliss-reactive ketones (excluding diaryl/α,β-unsaturated/α-hetero) is 1. The number of methoxy groups -OCH3 is 1. The summed E-state index contributed by atoms with van der Waals surface area (Å²) in [7, 11) is 1.59. The number of hydrogen-bond acceptors (Lipinski definition) is 4. The summed E-state index contributed by atoms with van der Waals surface area (Å²) in [6.45, 7) is 4.38. The van der Waals surface area contributed by atoms with Crippen LogP contribution in [0, 0.1) is 0 Å². The zero-order valence-electron chi connectivity index (χ0n) is 13.0. The van der Waals surface area contributed by atoms with Crippen LogP contribution < -0.4 is 10.1 Å². The minimum atomic E-state index is -0.00575. The number of amides is 1. The maximum absolute atomic E-state index is 12.2. The number of carbonyl (C=O) groups excluding carboxylic acids is 2. The Morgan fingerprint density at radius 3 is 2.55 bits per heavy atom. The molecule has 6 heteroatoms. The van der Waals surface area contributed by atoms with Crippen LogP contribution in [0.1, 0.15) is 30.1 Å². The zero-order valence-corrected chi connectivity index (χ0v) is 13.8. The summed E-state index contributed by atoms with van der Waals surface area (Å²) in [5.41, 5.74) is 0.622. The summed E-state index contributed by atoms with van der Waals surface area (Å²) in [6, 6.07) is 7.18. The van der Waals surface area contributed by atoms with Crippen molar-refractivity contribution in [1.29, 1.82) is 0 Å². The lowest BCUT2D eigenvalue weighted by Gasteiger charge is -2.34. The van der Waals surface area contributed by atoms with Crippen LogP contribution in [0.2, 0.25) is 0 Å². The van der Waals surface area contributed by atoms with E-state index in [4.69, 9.17) is 4.74 Å². The smallest absolute Gasteiger partial charge is 0.223 e. The summed E-state index contributed by atoms with van der Waals surface area (Å²) < 4.78 is 5.06. The highest BCUT2D eigenvalue weighted by atomic mass is 35.5. The van der Waals surface area contributed by atoms with E-state index in [-0.39, 0.29) is 43.0 Å². The third-order valence-electron chi connectivity index (χ3n) is 3.80. The van der Waals surface area contributed by atoms with E-state index in [0.29, 0.717) is 5.56 Å². The molecule has 1 atom stereocenters. The van der Waals surface area contributed by atoms with E-state index in [0.717, 1.165) is 25.4 Å². The molecule has 2 rings (SSSR count). The minimum Gasteiger partial charge on any atom is -0.497 e. The Kier molecular flexibility index (Phi) is 7.35. The van der Waals surface area contributed by atoms with Crippen molar-refractivity contribution in [2.45, 2.75) is 25.8 Å². The Labute approximate surface area is 137 Å². The molecule has 0 saturated carbocycles. The van der Waals surface area contributed by atoms with Gasteiger partial charge in [-0.2, -0.15) is 0 Å². The van der Waals surface area contributed by atoms with E-state index in [1.807, 2.05) is 11.8 Å². The second-order valence-corrected chi connectivity index (χ2v) is 5.29. The fourth-order valence-electron chi connectivity index (χ4n) is 2.50. The molecule has 0 aromatic heterocycles. The highest BCUT2D eigenvalue weighted by Gasteiger charge is 2.23. The lowest BCUT2D eigenvalue weighted by Crippen LogP contribution is -2.52. The first-order chi connectivity index (χ1) is 10.1. The maximum atomic E-state index is 12.2. The molecule has 1 aliphatic heterocycles. The van der Waals surface area contributed by atoms with Crippen LogP contribution in [0.5, 0.6) is 5.75 Å². The number of piperazine rings is 1. The van der Waals surface area contributed by atoms with Gasteiger partial charge < -0.3 is 15.0 Å². The first-order valence-corrected chi connectivity index (χ1v) is 7.29. The highest BCUT2D eigenvalue weighted by Crippen LogP contribution is 2.14. The summed E-state index contributed by atoms with van der Waals surface area (Å²) in [5.74, 6) is 0.775. The van der Waals surface area contributed by atoms with Gasteiger partial charge in [0.05, 0.1) is 7.11 Å². The number of ether oxygens (including phenoxy) is 1. The Morgan fingerprint density at radius 2 is 1.95 bits per heavy atom. The van der Waals surface area contributed by atoms with Crippen molar-refractivity contribution in [3.8, 4) is 5.75 Å². The molecule has 22 heavy (non-hydrogen) atoms. The van der Waals surface area contributed by atoms with Gasteiger partial charge in [-0.05, 0) is 31.2 Å². The molecule has 0 spiro atoms. The quantitative estimate of drug-likeness (QED) is 0.840. The average molecular weight is 327 g/mol.